The third-order valence-electron chi connectivity index (χ3n) is 2.93. The first-order chi connectivity index (χ1) is 9.86. The number of benzene rings is 1. The van der Waals surface area contributed by atoms with Gasteiger partial charge in [-0.05, 0) is 31.4 Å². The molecule has 0 atom stereocenters. The van der Waals surface area contributed by atoms with E-state index in [0.29, 0.717) is 30.1 Å². The average molecular weight is 291 g/mol. The van der Waals surface area contributed by atoms with Crippen molar-refractivity contribution in [1.82, 2.24) is 15.0 Å². The minimum atomic E-state index is -1.48. The van der Waals surface area contributed by atoms with Crippen molar-refractivity contribution in [3.05, 3.63) is 36.2 Å². The number of rotatable bonds is 6. The normalized spacial score (nSPS) is 11.5. The van der Waals surface area contributed by atoms with Gasteiger partial charge in [0.15, 0.2) is 0 Å². The molecule has 112 valence electrons. The topological polar surface area (TPSA) is 101 Å². The Bertz CT molecular complexity index is 578. The average Bonchev–Trinajstić information content (AvgIpc) is 2.88. The van der Waals surface area contributed by atoms with E-state index in [-0.39, 0.29) is 0 Å². The highest BCUT2D eigenvalue weighted by molar-refractivity contribution is 6.58. The Balaban J connectivity index is 1.85. The molecule has 0 aliphatic carbocycles. The maximum Gasteiger partial charge on any atom is 0.488 e. The van der Waals surface area contributed by atoms with Gasteiger partial charge in [-0.25, -0.2) is 4.68 Å². The molecular formula is C13H18BN3O4. The molecule has 1 aromatic carbocycles. The third-order valence-corrected chi connectivity index (χ3v) is 2.93. The van der Waals surface area contributed by atoms with Gasteiger partial charge in [-0.1, -0.05) is 17.3 Å². The zero-order valence-electron chi connectivity index (χ0n) is 12.0. The molecule has 0 spiro atoms. The van der Waals surface area contributed by atoms with Gasteiger partial charge < -0.3 is 19.9 Å². The lowest BCUT2D eigenvalue weighted by molar-refractivity contribution is 0.0737. The first kappa shape index (κ1) is 15.5. The minimum Gasteiger partial charge on any atom is -0.492 e. The second-order valence-electron chi connectivity index (χ2n) is 5.22. The van der Waals surface area contributed by atoms with Crippen molar-refractivity contribution in [3.8, 4) is 5.75 Å². The summed E-state index contributed by atoms with van der Waals surface area (Å²) in [5, 5.41) is 35.6. The maximum atomic E-state index is 9.79. The molecule has 1 aromatic heterocycles. The number of aliphatic hydroxyl groups is 1. The van der Waals surface area contributed by atoms with Crippen molar-refractivity contribution in [2.24, 2.45) is 0 Å². The molecule has 0 fully saturated rings. The molecule has 0 bridgehead atoms. The molecule has 8 heteroatoms. The fourth-order valence-electron chi connectivity index (χ4n) is 1.68. The predicted molar refractivity (Wildman–Crippen MR) is 77.0 cm³/mol. The van der Waals surface area contributed by atoms with Gasteiger partial charge in [-0.3, -0.25) is 0 Å². The van der Waals surface area contributed by atoms with Gasteiger partial charge in [-0.2, -0.15) is 0 Å². The molecule has 0 unspecified atom stereocenters. The monoisotopic (exact) mass is 291 g/mol. The van der Waals surface area contributed by atoms with E-state index in [2.05, 4.69) is 10.3 Å². The molecule has 21 heavy (non-hydrogen) atoms. The highest BCUT2D eigenvalue weighted by atomic mass is 16.5. The van der Waals surface area contributed by atoms with Crippen molar-refractivity contribution in [1.29, 1.82) is 0 Å². The second-order valence-corrected chi connectivity index (χ2v) is 5.22. The van der Waals surface area contributed by atoms with Crippen LogP contribution in [0.3, 0.4) is 0 Å². The van der Waals surface area contributed by atoms with Crippen LogP contribution in [0.4, 0.5) is 0 Å². The van der Waals surface area contributed by atoms with Crippen LogP contribution < -0.4 is 10.2 Å². The van der Waals surface area contributed by atoms with E-state index in [1.807, 2.05) is 0 Å². The standard InChI is InChI=1S/C13H18BN3O4/c1-13(2,18)12-9-17(16-15-12)7-8-21-11-5-3-10(4-6-11)14(19)20/h3-6,9,18-20H,7-8H2,1-2H3. The van der Waals surface area contributed by atoms with Gasteiger partial charge in [0.05, 0.1) is 12.7 Å². The van der Waals surface area contributed by atoms with Gasteiger partial charge in [-0.15, -0.1) is 5.10 Å². The van der Waals surface area contributed by atoms with Crippen LogP contribution in [-0.2, 0) is 12.1 Å². The number of hydrogen-bond acceptors (Lipinski definition) is 6. The summed E-state index contributed by atoms with van der Waals surface area (Å²) < 4.78 is 7.12. The zero-order valence-corrected chi connectivity index (χ0v) is 12.0. The molecule has 0 aliphatic heterocycles. The Hall–Kier alpha value is -1.90. The summed E-state index contributed by atoms with van der Waals surface area (Å²) in [5.41, 5.74) is -0.0997. The number of aromatic nitrogens is 3. The number of hydrogen-bond donors (Lipinski definition) is 3. The molecule has 0 saturated heterocycles. The smallest absolute Gasteiger partial charge is 0.488 e. The predicted octanol–water partition coefficient (Wildman–Crippen LogP) is -0.736. The van der Waals surface area contributed by atoms with Gasteiger partial charge in [0.2, 0.25) is 0 Å². The molecule has 2 aromatic rings. The van der Waals surface area contributed by atoms with Gasteiger partial charge in [0.25, 0.3) is 0 Å². The number of ether oxygens (including phenoxy) is 1. The highest BCUT2D eigenvalue weighted by Crippen LogP contribution is 2.15. The Morgan fingerprint density at radius 3 is 2.43 bits per heavy atom. The Labute approximate surface area is 122 Å². The first-order valence-electron chi connectivity index (χ1n) is 6.58. The molecule has 0 amide bonds. The number of nitrogens with zero attached hydrogens (tertiary/aromatic N) is 3. The lowest BCUT2D eigenvalue weighted by Gasteiger charge is -2.11. The van der Waals surface area contributed by atoms with Gasteiger partial charge in [0, 0.05) is 0 Å². The Morgan fingerprint density at radius 2 is 1.90 bits per heavy atom. The van der Waals surface area contributed by atoms with Crippen LogP contribution in [0, 0.1) is 0 Å². The molecule has 0 radical (unpaired) electrons. The van der Waals surface area contributed by atoms with E-state index < -0.39 is 12.7 Å². The largest absolute Gasteiger partial charge is 0.492 e. The Morgan fingerprint density at radius 1 is 1.24 bits per heavy atom. The zero-order chi connectivity index (χ0) is 15.5. The molecule has 1 heterocycles. The summed E-state index contributed by atoms with van der Waals surface area (Å²) in [6.07, 6.45) is 1.68. The fraction of sp³-hybridized carbons (Fsp3) is 0.385. The van der Waals surface area contributed by atoms with Crippen molar-refractivity contribution in [3.63, 3.8) is 0 Å². The van der Waals surface area contributed by atoms with Crippen LogP contribution in [0.5, 0.6) is 5.75 Å². The maximum absolute atomic E-state index is 9.79. The lowest BCUT2D eigenvalue weighted by atomic mass is 9.80. The summed E-state index contributed by atoms with van der Waals surface area (Å²) >= 11 is 0. The highest BCUT2D eigenvalue weighted by Gasteiger charge is 2.19. The third kappa shape index (κ3) is 4.28. The summed E-state index contributed by atoms with van der Waals surface area (Å²) in [7, 11) is -1.48. The minimum absolute atomic E-state index is 0.385. The van der Waals surface area contributed by atoms with Gasteiger partial charge in [0.1, 0.15) is 23.7 Å². The first-order valence-corrected chi connectivity index (χ1v) is 6.58. The second kappa shape index (κ2) is 6.25. The van der Waals surface area contributed by atoms with Gasteiger partial charge >= 0.3 is 7.12 Å². The molecule has 0 aliphatic rings. The fourth-order valence-corrected chi connectivity index (χ4v) is 1.68. The SMILES string of the molecule is CC(C)(O)c1cn(CCOc2ccc(B(O)O)cc2)nn1. The van der Waals surface area contributed by atoms with Crippen molar-refractivity contribution < 1.29 is 19.9 Å². The van der Waals surface area contributed by atoms with Crippen molar-refractivity contribution in [2.45, 2.75) is 26.0 Å². The van der Waals surface area contributed by atoms with E-state index in [1.165, 1.54) is 0 Å². The van der Waals surface area contributed by atoms with E-state index in [0.717, 1.165) is 0 Å². The van der Waals surface area contributed by atoms with Crippen LogP contribution in [0.2, 0.25) is 0 Å². The van der Waals surface area contributed by atoms with Crippen molar-refractivity contribution >= 4 is 12.6 Å². The quantitative estimate of drug-likeness (QED) is 0.606. The van der Waals surface area contributed by atoms with Crippen LogP contribution in [0.1, 0.15) is 19.5 Å². The summed E-state index contributed by atoms with van der Waals surface area (Å²) in [6.45, 7) is 4.17. The summed E-state index contributed by atoms with van der Waals surface area (Å²) in [4.78, 5) is 0. The molecule has 2 rings (SSSR count). The van der Waals surface area contributed by atoms with E-state index >= 15 is 0 Å². The van der Waals surface area contributed by atoms with E-state index in [9.17, 15) is 5.11 Å². The van der Waals surface area contributed by atoms with Crippen LogP contribution in [-0.4, -0.2) is 43.9 Å². The lowest BCUT2D eigenvalue weighted by Crippen LogP contribution is -2.29. The molecular weight excluding hydrogens is 273 g/mol. The van der Waals surface area contributed by atoms with Crippen molar-refractivity contribution in [2.75, 3.05) is 6.61 Å². The molecule has 3 N–H and O–H groups in total. The summed E-state index contributed by atoms with van der Waals surface area (Å²) in [5.74, 6) is 0.627. The van der Waals surface area contributed by atoms with E-state index in [4.69, 9.17) is 14.8 Å². The van der Waals surface area contributed by atoms with Crippen LogP contribution >= 0.6 is 0 Å². The molecule has 7 nitrogen and oxygen atoms in total. The Kier molecular flexibility index (Phi) is 4.61. The van der Waals surface area contributed by atoms with Crippen LogP contribution in [0.15, 0.2) is 30.5 Å². The van der Waals surface area contributed by atoms with E-state index in [1.54, 1.807) is 49.0 Å². The van der Waals surface area contributed by atoms with Crippen LogP contribution in [0.25, 0.3) is 0 Å². The summed E-state index contributed by atoms with van der Waals surface area (Å²) in [6, 6.07) is 6.50. The molecule has 0 saturated carbocycles.